The minimum absolute atomic E-state index is 0.165. The van der Waals surface area contributed by atoms with E-state index in [1.807, 2.05) is 0 Å². The van der Waals surface area contributed by atoms with Gasteiger partial charge in [-0.05, 0) is 0 Å². The smallest absolute Gasteiger partial charge is 0.187 e. The van der Waals surface area contributed by atoms with Crippen molar-refractivity contribution in [1.29, 1.82) is 0 Å². The average Bonchev–Trinajstić information content (AvgIpc) is 2.74. The molecule has 2 fully saturated rings. The van der Waals surface area contributed by atoms with Crippen molar-refractivity contribution in [3.05, 3.63) is 0 Å². The van der Waals surface area contributed by atoms with Crippen LogP contribution in [0.15, 0.2) is 0 Å². The Labute approximate surface area is 177 Å². The molecule has 11 nitrogen and oxygen atoms in total. The Kier molecular flexibility index (Phi) is 10.8. The molecule has 0 aromatic rings. The van der Waals surface area contributed by atoms with Gasteiger partial charge < -0.3 is 52.5 Å². The SMILES string of the molecule is COC[C@@H]1O[C@@H](O[C@H]2[C@@H](OC)[C@H](OC)[C@H](O)O[C@@H]2COC)[C@H](OC)[C@H](OC)[C@@H]1OC. The number of hydrogen-bond acceptors (Lipinski definition) is 11. The van der Waals surface area contributed by atoms with Crippen molar-refractivity contribution < 1.29 is 52.5 Å². The summed E-state index contributed by atoms with van der Waals surface area (Å²) in [4.78, 5) is 0. The van der Waals surface area contributed by atoms with Gasteiger partial charge in [-0.25, -0.2) is 0 Å². The second-order valence-corrected chi connectivity index (χ2v) is 7.12. The molecule has 30 heavy (non-hydrogen) atoms. The van der Waals surface area contributed by atoms with Crippen LogP contribution in [-0.2, 0) is 47.4 Å². The van der Waals surface area contributed by atoms with Crippen molar-refractivity contribution in [2.45, 2.75) is 61.4 Å². The van der Waals surface area contributed by atoms with E-state index in [0.29, 0.717) is 0 Å². The lowest BCUT2D eigenvalue weighted by molar-refractivity contribution is -0.363. The third-order valence-corrected chi connectivity index (χ3v) is 5.51. The molecule has 0 aromatic heterocycles. The highest BCUT2D eigenvalue weighted by Crippen LogP contribution is 2.33. The van der Waals surface area contributed by atoms with Crippen LogP contribution in [0.3, 0.4) is 0 Å². The molecule has 2 saturated heterocycles. The Bertz CT molecular complexity index is 481. The monoisotopic (exact) mass is 440 g/mol. The molecule has 0 aromatic carbocycles. The van der Waals surface area contributed by atoms with Crippen LogP contribution < -0.4 is 0 Å². The standard InChI is InChI=1S/C19H36O11/c1-21-8-10-12(23-3)14(24-4)17(27-7)19(29-10)30-13-11(9-22-2)28-18(20)16(26-6)15(13)25-5/h10-20H,8-9H2,1-7H3/t10-,11+,12+,13+,14+,15+,16-,17+,18+,19-/m0/s1. The van der Waals surface area contributed by atoms with E-state index in [-0.39, 0.29) is 13.2 Å². The summed E-state index contributed by atoms with van der Waals surface area (Å²) < 4.78 is 56.6. The first kappa shape index (κ1) is 25.8. The molecule has 0 bridgehead atoms. The quantitative estimate of drug-likeness (QED) is 0.435. The van der Waals surface area contributed by atoms with Crippen molar-refractivity contribution in [2.75, 3.05) is 63.0 Å². The van der Waals surface area contributed by atoms with Crippen LogP contribution in [0, 0.1) is 0 Å². The summed E-state index contributed by atoms with van der Waals surface area (Å²) in [5, 5.41) is 10.3. The van der Waals surface area contributed by atoms with Gasteiger partial charge in [0.2, 0.25) is 0 Å². The molecule has 10 atom stereocenters. The highest BCUT2D eigenvalue weighted by atomic mass is 16.7. The first-order chi connectivity index (χ1) is 14.5. The predicted octanol–water partition coefficient (Wildman–Crippen LogP) is -0.818. The fraction of sp³-hybridized carbons (Fsp3) is 1.00. The summed E-state index contributed by atoms with van der Waals surface area (Å²) in [5.41, 5.74) is 0. The van der Waals surface area contributed by atoms with Gasteiger partial charge in [0.1, 0.15) is 48.8 Å². The summed E-state index contributed by atoms with van der Waals surface area (Å²) in [6, 6.07) is 0. The van der Waals surface area contributed by atoms with Gasteiger partial charge in [0.15, 0.2) is 12.6 Å². The average molecular weight is 440 g/mol. The highest BCUT2D eigenvalue weighted by molar-refractivity contribution is 4.96. The Hall–Kier alpha value is -0.440. The van der Waals surface area contributed by atoms with E-state index in [1.54, 1.807) is 28.4 Å². The molecule has 2 rings (SSSR count). The first-order valence-corrected chi connectivity index (χ1v) is 9.77. The Balaban J connectivity index is 2.31. The van der Waals surface area contributed by atoms with Crippen LogP contribution in [0.5, 0.6) is 0 Å². The van der Waals surface area contributed by atoms with E-state index in [2.05, 4.69) is 0 Å². The number of methoxy groups -OCH3 is 7. The van der Waals surface area contributed by atoms with E-state index in [1.165, 1.54) is 21.3 Å². The molecular formula is C19H36O11. The van der Waals surface area contributed by atoms with Crippen molar-refractivity contribution in [3.8, 4) is 0 Å². The Morgan fingerprint density at radius 2 is 1.03 bits per heavy atom. The minimum Gasteiger partial charge on any atom is -0.382 e. The minimum atomic E-state index is -1.20. The van der Waals surface area contributed by atoms with Crippen LogP contribution in [0.25, 0.3) is 0 Å². The summed E-state index contributed by atoms with van der Waals surface area (Å²) >= 11 is 0. The second kappa shape index (κ2) is 12.6. The molecule has 0 aliphatic carbocycles. The van der Waals surface area contributed by atoms with Gasteiger partial charge in [-0.15, -0.1) is 0 Å². The molecule has 0 saturated carbocycles. The van der Waals surface area contributed by atoms with Gasteiger partial charge >= 0.3 is 0 Å². The zero-order valence-electron chi connectivity index (χ0n) is 18.7. The Morgan fingerprint density at radius 3 is 1.50 bits per heavy atom. The lowest BCUT2D eigenvalue weighted by atomic mass is 9.96. The number of ether oxygens (including phenoxy) is 10. The molecule has 0 radical (unpaired) electrons. The lowest BCUT2D eigenvalue weighted by Crippen LogP contribution is -2.65. The summed E-state index contributed by atoms with van der Waals surface area (Å²) in [6.07, 6.45) is -6.77. The van der Waals surface area contributed by atoms with Crippen LogP contribution in [-0.4, -0.2) is 130 Å². The van der Waals surface area contributed by atoms with Crippen LogP contribution >= 0.6 is 0 Å². The zero-order chi connectivity index (χ0) is 22.3. The van der Waals surface area contributed by atoms with Gasteiger partial charge in [-0.2, -0.15) is 0 Å². The van der Waals surface area contributed by atoms with Crippen molar-refractivity contribution in [3.63, 3.8) is 0 Å². The maximum absolute atomic E-state index is 10.3. The molecule has 1 N–H and O–H groups in total. The van der Waals surface area contributed by atoms with Gasteiger partial charge in [0.05, 0.1) is 13.2 Å². The van der Waals surface area contributed by atoms with Crippen LogP contribution in [0.1, 0.15) is 0 Å². The highest BCUT2D eigenvalue weighted by Gasteiger charge is 2.52. The number of rotatable bonds is 11. The predicted molar refractivity (Wildman–Crippen MR) is 102 cm³/mol. The van der Waals surface area contributed by atoms with E-state index in [9.17, 15) is 5.11 Å². The third-order valence-electron chi connectivity index (χ3n) is 5.51. The molecule has 2 aliphatic rings. The molecular weight excluding hydrogens is 404 g/mol. The summed E-state index contributed by atoms with van der Waals surface area (Å²) in [7, 11) is 10.8. The van der Waals surface area contributed by atoms with Gasteiger partial charge in [0, 0.05) is 49.8 Å². The largest absolute Gasteiger partial charge is 0.382 e. The van der Waals surface area contributed by atoms with E-state index < -0.39 is 61.4 Å². The van der Waals surface area contributed by atoms with E-state index >= 15 is 0 Å². The maximum atomic E-state index is 10.3. The topological polar surface area (TPSA) is 113 Å². The molecule has 2 heterocycles. The van der Waals surface area contributed by atoms with Gasteiger partial charge in [-0.3, -0.25) is 0 Å². The molecule has 11 heteroatoms. The maximum Gasteiger partial charge on any atom is 0.187 e. The lowest BCUT2D eigenvalue weighted by Gasteiger charge is -2.48. The van der Waals surface area contributed by atoms with Crippen LogP contribution in [0.4, 0.5) is 0 Å². The molecule has 2 aliphatic heterocycles. The molecule has 178 valence electrons. The van der Waals surface area contributed by atoms with Gasteiger partial charge in [-0.1, -0.05) is 0 Å². The molecule has 0 amide bonds. The van der Waals surface area contributed by atoms with Crippen molar-refractivity contribution in [2.24, 2.45) is 0 Å². The molecule has 0 spiro atoms. The van der Waals surface area contributed by atoms with Crippen molar-refractivity contribution >= 4 is 0 Å². The number of aliphatic hydroxyl groups excluding tert-OH is 1. The Morgan fingerprint density at radius 1 is 0.567 bits per heavy atom. The van der Waals surface area contributed by atoms with Gasteiger partial charge in [0.25, 0.3) is 0 Å². The number of aliphatic hydroxyl groups is 1. The summed E-state index contributed by atoms with van der Waals surface area (Å²) in [6.45, 7) is 0.433. The normalized spacial score (nSPS) is 42.4. The number of hydrogen-bond donors (Lipinski definition) is 1. The van der Waals surface area contributed by atoms with Crippen LogP contribution in [0.2, 0.25) is 0 Å². The fourth-order valence-corrected chi connectivity index (χ4v) is 4.12. The zero-order valence-corrected chi connectivity index (χ0v) is 18.7. The van der Waals surface area contributed by atoms with E-state index in [0.717, 1.165) is 0 Å². The summed E-state index contributed by atoms with van der Waals surface area (Å²) in [5.74, 6) is 0. The third kappa shape index (κ3) is 5.48. The second-order valence-electron chi connectivity index (χ2n) is 7.12. The molecule has 0 unspecified atom stereocenters. The fourth-order valence-electron chi connectivity index (χ4n) is 4.12. The van der Waals surface area contributed by atoms with Crippen molar-refractivity contribution in [1.82, 2.24) is 0 Å². The first-order valence-electron chi connectivity index (χ1n) is 9.77. The van der Waals surface area contributed by atoms with E-state index in [4.69, 9.17) is 47.4 Å².